The minimum Gasteiger partial charge on any atom is -0.443 e. The maximum absolute atomic E-state index is 14.6. The molecule has 5 fully saturated rings. The van der Waals surface area contributed by atoms with Crippen LogP contribution < -0.4 is 0 Å². The van der Waals surface area contributed by atoms with E-state index < -0.39 is 77.9 Å². The largest absolute Gasteiger partial charge is 0.443 e. The van der Waals surface area contributed by atoms with Gasteiger partial charge >= 0.3 is 6.09 Å². The number of nitrogens with zero attached hydrogens (tertiary/aromatic N) is 3. The zero-order valence-corrected chi connectivity index (χ0v) is 51.0. The molecule has 0 radical (unpaired) electrons. The van der Waals surface area contributed by atoms with E-state index in [0.717, 1.165) is 38.0 Å². The van der Waals surface area contributed by atoms with Gasteiger partial charge in [0.25, 0.3) is 11.7 Å². The number of carbonyl (C=O) groups is 5. The van der Waals surface area contributed by atoms with Crippen LogP contribution in [-0.4, -0.2) is 215 Å². The second-order valence-corrected chi connectivity index (χ2v) is 24.5. The highest BCUT2D eigenvalue weighted by Crippen LogP contribution is 2.38. The molecule has 16 atom stereocenters. The standard InChI is InChI=1S/C63H101N3O16/c1-41-16-12-11-13-17-42(2)54(80-40-51-39-77-30-31-78-51)36-50-21-19-47(7)63(73,82-50)60(70)61(71)66-23-15-14-18-49(66)38-79-55(37-52(67)43(3)33-46(6)58(69)59(75-10)57(68)45(5)32-41)44(4)34-48-20-22-53(56(35-48)74-9)81-62(72)64(8)24-25-65-26-28-76-29-27-65/h11-13,16-17,33,41,43-45,47-51,53-56,58-59,69,73H,14-15,18-32,34-40H2,1-10H3/b13-11+,16-12+,42-17+,46-33+/t41-,43-,44-,45-,47-,48+,49+,50+,51?,53-,54?,55+,56-,58-,59+,63-/m1/s1. The lowest BCUT2D eigenvalue weighted by Crippen LogP contribution is -2.60. The van der Waals surface area contributed by atoms with Crippen LogP contribution >= 0.6 is 0 Å². The lowest BCUT2D eigenvalue weighted by atomic mass is 9.78. The Morgan fingerprint density at radius 1 is 0.841 bits per heavy atom. The number of amides is 2. The topological polar surface area (TPSA) is 219 Å². The van der Waals surface area contributed by atoms with Crippen LogP contribution in [0.25, 0.3) is 0 Å². The Labute approximate surface area is 488 Å². The van der Waals surface area contributed by atoms with Crippen molar-refractivity contribution in [3.05, 3.63) is 47.6 Å². The smallest absolute Gasteiger partial charge is 0.409 e. The highest BCUT2D eigenvalue weighted by atomic mass is 16.6. The molecular weight excluding hydrogens is 1050 g/mol. The quantitative estimate of drug-likeness (QED) is 0.151. The molecule has 0 spiro atoms. The summed E-state index contributed by atoms with van der Waals surface area (Å²) in [5.41, 5.74) is 1.31. The first-order valence-electron chi connectivity index (χ1n) is 30.6. The number of hydrogen-bond acceptors (Lipinski definition) is 17. The highest BCUT2D eigenvalue weighted by Gasteiger charge is 2.52. The molecular formula is C63H101N3O16. The van der Waals surface area contributed by atoms with Gasteiger partial charge in [0, 0.05) is 84.6 Å². The Bertz CT molecular complexity index is 2180. The summed E-state index contributed by atoms with van der Waals surface area (Å²) in [4.78, 5) is 76.3. The van der Waals surface area contributed by atoms with Crippen LogP contribution in [0.1, 0.15) is 126 Å². The van der Waals surface area contributed by atoms with E-state index in [1.54, 1.807) is 45.9 Å². The molecule has 2 bridgehead atoms. The summed E-state index contributed by atoms with van der Waals surface area (Å²) in [5.74, 6) is -6.41. The fourth-order valence-electron chi connectivity index (χ4n) is 12.5. The maximum Gasteiger partial charge on any atom is 0.409 e. The molecule has 2 amide bonds. The van der Waals surface area contributed by atoms with E-state index in [1.807, 2.05) is 51.2 Å². The van der Waals surface area contributed by atoms with Crippen molar-refractivity contribution in [2.45, 2.75) is 186 Å². The monoisotopic (exact) mass is 1160 g/mol. The van der Waals surface area contributed by atoms with Crippen LogP contribution in [0.3, 0.4) is 0 Å². The second kappa shape index (κ2) is 33.2. The minimum absolute atomic E-state index is 0.00402. The fourth-order valence-corrected chi connectivity index (χ4v) is 12.5. The third kappa shape index (κ3) is 19.4. The molecule has 2 unspecified atom stereocenters. The number of methoxy groups -OCH3 is 2. The Hall–Kier alpha value is -3.73. The number of ketones is 3. The van der Waals surface area contributed by atoms with E-state index in [-0.39, 0.29) is 73.8 Å². The van der Waals surface area contributed by atoms with Gasteiger partial charge in [-0.2, -0.15) is 0 Å². The molecule has 2 N–H and O–H groups in total. The molecule has 6 aliphatic rings. The van der Waals surface area contributed by atoms with Gasteiger partial charge in [0.1, 0.15) is 30.2 Å². The molecule has 4 saturated heterocycles. The van der Waals surface area contributed by atoms with E-state index in [9.17, 15) is 34.2 Å². The molecule has 1 saturated carbocycles. The number of hydrogen-bond donors (Lipinski definition) is 2. The van der Waals surface area contributed by atoms with Crippen molar-refractivity contribution in [3.63, 3.8) is 0 Å². The van der Waals surface area contributed by atoms with Crippen LogP contribution in [0.5, 0.6) is 0 Å². The van der Waals surface area contributed by atoms with E-state index in [2.05, 4.69) is 11.8 Å². The molecule has 0 aromatic rings. The lowest BCUT2D eigenvalue weighted by Gasteiger charge is -2.43. The van der Waals surface area contributed by atoms with Crippen molar-refractivity contribution in [1.82, 2.24) is 14.7 Å². The van der Waals surface area contributed by atoms with Crippen molar-refractivity contribution in [2.75, 3.05) is 100 Å². The van der Waals surface area contributed by atoms with E-state index >= 15 is 0 Å². The molecule has 464 valence electrons. The van der Waals surface area contributed by atoms with Gasteiger partial charge in [0.2, 0.25) is 5.79 Å². The summed E-state index contributed by atoms with van der Waals surface area (Å²) in [6, 6.07) is -0.526. The molecule has 5 aliphatic heterocycles. The van der Waals surface area contributed by atoms with Crippen LogP contribution in [0.2, 0.25) is 0 Å². The number of carbonyl (C=O) groups excluding carboxylic acids is 5. The molecule has 82 heavy (non-hydrogen) atoms. The Morgan fingerprint density at radius 2 is 1.61 bits per heavy atom. The van der Waals surface area contributed by atoms with Gasteiger partial charge in [-0.25, -0.2) is 4.79 Å². The Kier molecular flexibility index (Phi) is 27.3. The number of rotatable bonds is 12. The summed E-state index contributed by atoms with van der Waals surface area (Å²) in [6.07, 6.45) is 12.2. The van der Waals surface area contributed by atoms with Crippen LogP contribution in [0.4, 0.5) is 4.79 Å². The van der Waals surface area contributed by atoms with Crippen molar-refractivity contribution in [1.29, 1.82) is 0 Å². The molecule has 19 nitrogen and oxygen atoms in total. The van der Waals surface area contributed by atoms with E-state index in [4.69, 9.17) is 42.6 Å². The third-order valence-corrected chi connectivity index (χ3v) is 18.0. The predicted octanol–water partition coefficient (Wildman–Crippen LogP) is 6.85. The third-order valence-electron chi connectivity index (χ3n) is 18.0. The molecule has 5 heterocycles. The van der Waals surface area contributed by atoms with Gasteiger partial charge in [-0.3, -0.25) is 24.1 Å². The first kappa shape index (κ1) is 67.4. The first-order chi connectivity index (χ1) is 39.2. The summed E-state index contributed by atoms with van der Waals surface area (Å²) in [7, 11) is 4.80. The van der Waals surface area contributed by atoms with Gasteiger partial charge in [0.05, 0.1) is 76.7 Å². The zero-order valence-electron chi connectivity index (χ0n) is 51.0. The normalized spacial score (nSPS) is 37.8. The van der Waals surface area contributed by atoms with Gasteiger partial charge in [-0.05, 0) is 107 Å². The number of aliphatic hydroxyl groups is 2. The summed E-state index contributed by atoms with van der Waals surface area (Å²) in [5, 5.41) is 23.9. The van der Waals surface area contributed by atoms with E-state index in [1.165, 1.54) is 12.0 Å². The highest BCUT2D eigenvalue weighted by molar-refractivity contribution is 6.38. The molecule has 0 aromatic carbocycles. The average Bonchev–Trinajstić information content (AvgIpc) is 3.56. The van der Waals surface area contributed by atoms with Crippen LogP contribution in [-0.2, 0) is 61.8 Å². The number of ether oxygens (including phenoxy) is 9. The van der Waals surface area contributed by atoms with Crippen LogP contribution in [0, 0.1) is 35.5 Å². The van der Waals surface area contributed by atoms with Gasteiger partial charge in [-0.15, -0.1) is 0 Å². The number of fused-ring (bicyclic) bond motifs is 3. The van der Waals surface area contributed by atoms with Gasteiger partial charge < -0.3 is 62.6 Å². The number of piperidine rings is 1. The number of morpholine rings is 1. The van der Waals surface area contributed by atoms with Crippen molar-refractivity contribution in [3.8, 4) is 0 Å². The SMILES string of the molecule is CO[C@@H]1C[C@H](C[C@@H](C)[C@@H]2CC(=O)[C@H](C)/C=C(\C)[C@@H](O)[C@@H](OC)C(=O)[C@H](C)C[C@H](C)/C=C/C=C/C=C(\C)C(OCC3COCCO3)C[C@@H]3CC[C@@H](C)[C@@](O)(O3)C(=O)C(=O)N3CCCC[C@H]3CO2)CC[C@H]1OC(=O)N(C)CCN1CCOCC1. The average molecular weight is 1160 g/mol. The number of Topliss-reactive ketones (excluding diaryl/α,β-unsaturated/α-hetero) is 3. The van der Waals surface area contributed by atoms with Crippen molar-refractivity contribution < 1.29 is 76.8 Å². The van der Waals surface area contributed by atoms with Gasteiger partial charge in [0.15, 0.2) is 5.78 Å². The fraction of sp³-hybridized carbons (Fsp3) is 0.794. The lowest BCUT2D eigenvalue weighted by molar-refractivity contribution is -0.266. The number of likely N-dealkylation sites (N-methyl/N-ethyl adjacent to an activating group) is 1. The van der Waals surface area contributed by atoms with Crippen molar-refractivity contribution >= 4 is 29.4 Å². The minimum atomic E-state index is -2.38. The Balaban J connectivity index is 1.23. The maximum atomic E-state index is 14.6. The summed E-state index contributed by atoms with van der Waals surface area (Å²) in [6.45, 7) is 19.3. The number of allylic oxidation sites excluding steroid dienone is 6. The second-order valence-electron chi connectivity index (χ2n) is 24.5. The Morgan fingerprint density at radius 3 is 2.33 bits per heavy atom. The molecule has 19 heteroatoms. The molecule has 0 aromatic heterocycles. The molecule has 6 rings (SSSR count). The van der Waals surface area contributed by atoms with E-state index in [0.29, 0.717) is 103 Å². The van der Waals surface area contributed by atoms with Crippen molar-refractivity contribution in [2.24, 2.45) is 35.5 Å². The summed E-state index contributed by atoms with van der Waals surface area (Å²) < 4.78 is 54.4. The van der Waals surface area contributed by atoms with Gasteiger partial charge in [-0.1, -0.05) is 71.1 Å². The van der Waals surface area contributed by atoms with Crippen LogP contribution in [0.15, 0.2) is 47.6 Å². The molecule has 1 aliphatic carbocycles. The predicted molar refractivity (Wildman–Crippen MR) is 309 cm³/mol. The number of aliphatic hydroxyl groups excluding tert-OH is 1. The first-order valence-corrected chi connectivity index (χ1v) is 30.6. The summed E-state index contributed by atoms with van der Waals surface area (Å²) >= 11 is 0. The zero-order chi connectivity index (χ0) is 59.5.